The Labute approximate surface area is 91.0 Å². The number of ketones is 1. The third kappa shape index (κ3) is 3.42. The van der Waals surface area contributed by atoms with Crippen molar-refractivity contribution < 1.29 is 4.79 Å². The Bertz CT molecular complexity index is 292. The number of hydrogen-bond acceptors (Lipinski definition) is 3. The normalized spacial score (nSPS) is 10.6. The summed E-state index contributed by atoms with van der Waals surface area (Å²) in [5.74, 6) is 0.338. The van der Waals surface area contributed by atoms with Gasteiger partial charge in [0.25, 0.3) is 0 Å². The Morgan fingerprint density at radius 3 is 2.20 bits per heavy atom. The first-order chi connectivity index (χ1) is 7.29. The van der Waals surface area contributed by atoms with Crippen LogP contribution in [0.15, 0.2) is 18.7 Å². The second-order valence-electron chi connectivity index (χ2n) is 3.77. The predicted molar refractivity (Wildman–Crippen MR) is 59.7 cm³/mol. The van der Waals surface area contributed by atoms with Gasteiger partial charge in [0.15, 0.2) is 5.78 Å². The van der Waals surface area contributed by atoms with Crippen molar-refractivity contribution in [2.24, 2.45) is 5.92 Å². The molecule has 1 rings (SSSR count). The Morgan fingerprint density at radius 1 is 1.20 bits per heavy atom. The van der Waals surface area contributed by atoms with Crippen LogP contribution >= 0.6 is 0 Å². The van der Waals surface area contributed by atoms with Gasteiger partial charge in [-0.2, -0.15) is 0 Å². The smallest absolute Gasteiger partial charge is 0.169 e. The van der Waals surface area contributed by atoms with Crippen molar-refractivity contribution in [1.82, 2.24) is 9.97 Å². The maximum Gasteiger partial charge on any atom is 0.169 e. The highest BCUT2D eigenvalue weighted by Gasteiger charge is 2.18. The molecule has 0 saturated heterocycles. The largest absolute Gasteiger partial charge is 0.294 e. The summed E-state index contributed by atoms with van der Waals surface area (Å²) in [5.41, 5.74) is 0.643. The first kappa shape index (κ1) is 11.8. The van der Waals surface area contributed by atoms with Crippen LogP contribution in [0.4, 0.5) is 0 Å². The van der Waals surface area contributed by atoms with Gasteiger partial charge in [0.2, 0.25) is 0 Å². The average molecular weight is 206 g/mol. The zero-order valence-corrected chi connectivity index (χ0v) is 9.44. The molecule has 15 heavy (non-hydrogen) atoms. The molecule has 0 unspecified atom stereocenters. The van der Waals surface area contributed by atoms with Gasteiger partial charge in [-0.1, -0.05) is 26.7 Å². The van der Waals surface area contributed by atoms with Crippen molar-refractivity contribution in [3.05, 3.63) is 24.3 Å². The number of carbonyl (C=O) groups is 1. The van der Waals surface area contributed by atoms with Crippen LogP contribution in [0.25, 0.3) is 0 Å². The van der Waals surface area contributed by atoms with Gasteiger partial charge in [0.1, 0.15) is 6.33 Å². The molecule has 82 valence electrons. The molecule has 0 N–H and O–H groups in total. The highest BCUT2D eigenvalue weighted by atomic mass is 16.1. The van der Waals surface area contributed by atoms with E-state index in [1.165, 1.54) is 6.33 Å². The minimum atomic E-state index is 0.144. The third-order valence-electron chi connectivity index (χ3n) is 2.49. The van der Waals surface area contributed by atoms with Crippen LogP contribution in [0.2, 0.25) is 0 Å². The summed E-state index contributed by atoms with van der Waals surface area (Å²) < 4.78 is 0. The van der Waals surface area contributed by atoms with Gasteiger partial charge < -0.3 is 0 Å². The van der Waals surface area contributed by atoms with Crippen molar-refractivity contribution >= 4 is 5.78 Å². The van der Waals surface area contributed by atoms with Crippen LogP contribution in [-0.4, -0.2) is 15.8 Å². The molecule has 3 heteroatoms. The van der Waals surface area contributed by atoms with Crippen molar-refractivity contribution in [2.75, 3.05) is 0 Å². The van der Waals surface area contributed by atoms with E-state index < -0.39 is 0 Å². The minimum Gasteiger partial charge on any atom is -0.294 e. The number of nitrogens with zero attached hydrogens (tertiary/aromatic N) is 2. The zero-order chi connectivity index (χ0) is 11.1. The summed E-state index contributed by atoms with van der Waals surface area (Å²) >= 11 is 0. The molecule has 0 spiro atoms. The van der Waals surface area contributed by atoms with Crippen LogP contribution < -0.4 is 0 Å². The number of rotatable bonds is 6. The molecule has 1 heterocycles. The van der Waals surface area contributed by atoms with Gasteiger partial charge in [-0.25, -0.2) is 9.97 Å². The van der Waals surface area contributed by atoms with Crippen molar-refractivity contribution in [1.29, 1.82) is 0 Å². The Balaban J connectivity index is 2.71. The van der Waals surface area contributed by atoms with Crippen LogP contribution in [-0.2, 0) is 0 Å². The molecular weight excluding hydrogens is 188 g/mol. The Kier molecular flexibility index (Phi) is 4.95. The molecule has 0 amide bonds. The third-order valence-corrected chi connectivity index (χ3v) is 2.49. The van der Waals surface area contributed by atoms with Crippen LogP contribution in [0.1, 0.15) is 49.9 Å². The number of carbonyl (C=O) groups excluding carboxylic acids is 1. The molecule has 0 atom stereocenters. The van der Waals surface area contributed by atoms with E-state index in [-0.39, 0.29) is 11.7 Å². The van der Waals surface area contributed by atoms with E-state index in [9.17, 15) is 4.79 Å². The molecule has 0 aliphatic heterocycles. The molecule has 0 fully saturated rings. The minimum absolute atomic E-state index is 0.144. The van der Waals surface area contributed by atoms with Crippen LogP contribution in [0.3, 0.4) is 0 Å². The predicted octanol–water partition coefficient (Wildman–Crippen LogP) is 2.88. The van der Waals surface area contributed by atoms with E-state index in [4.69, 9.17) is 0 Å². The molecule has 0 aliphatic rings. The van der Waals surface area contributed by atoms with E-state index in [0.717, 1.165) is 25.7 Å². The van der Waals surface area contributed by atoms with E-state index in [0.29, 0.717) is 5.56 Å². The second kappa shape index (κ2) is 6.27. The summed E-state index contributed by atoms with van der Waals surface area (Å²) in [6, 6.07) is 0. The average Bonchev–Trinajstić information content (AvgIpc) is 2.29. The van der Waals surface area contributed by atoms with Crippen LogP contribution in [0, 0.1) is 5.92 Å². The lowest BCUT2D eigenvalue weighted by atomic mass is 9.91. The highest BCUT2D eigenvalue weighted by molar-refractivity contribution is 5.97. The standard InChI is InChI=1S/C12H18N2O/c1-3-5-10(6-4-2)12(15)11-7-13-9-14-8-11/h7-10H,3-6H2,1-2H3. The maximum atomic E-state index is 12.0. The fourth-order valence-corrected chi connectivity index (χ4v) is 1.77. The lowest BCUT2D eigenvalue weighted by molar-refractivity contribution is 0.0904. The molecule has 0 aliphatic carbocycles. The Morgan fingerprint density at radius 2 is 1.73 bits per heavy atom. The maximum absolute atomic E-state index is 12.0. The van der Waals surface area contributed by atoms with Crippen molar-refractivity contribution in [2.45, 2.75) is 39.5 Å². The van der Waals surface area contributed by atoms with E-state index in [1.807, 2.05) is 0 Å². The highest BCUT2D eigenvalue weighted by Crippen LogP contribution is 2.18. The van der Waals surface area contributed by atoms with Crippen LogP contribution in [0.5, 0.6) is 0 Å². The molecule has 0 saturated carbocycles. The van der Waals surface area contributed by atoms with Crippen molar-refractivity contribution in [3.63, 3.8) is 0 Å². The van der Waals surface area contributed by atoms with Gasteiger partial charge in [0, 0.05) is 18.3 Å². The molecule has 1 aromatic heterocycles. The van der Waals surface area contributed by atoms with Gasteiger partial charge in [0.05, 0.1) is 5.56 Å². The van der Waals surface area contributed by atoms with Gasteiger partial charge in [-0.3, -0.25) is 4.79 Å². The first-order valence-corrected chi connectivity index (χ1v) is 5.58. The van der Waals surface area contributed by atoms with Gasteiger partial charge >= 0.3 is 0 Å². The molecule has 1 aromatic rings. The molecule has 3 nitrogen and oxygen atoms in total. The quantitative estimate of drug-likeness (QED) is 0.672. The lowest BCUT2D eigenvalue weighted by Gasteiger charge is -2.13. The van der Waals surface area contributed by atoms with E-state index in [1.54, 1.807) is 12.4 Å². The number of aromatic nitrogens is 2. The van der Waals surface area contributed by atoms with E-state index >= 15 is 0 Å². The fraction of sp³-hybridized carbons (Fsp3) is 0.583. The van der Waals surface area contributed by atoms with Gasteiger partial charge in [-0.15, -0.1) is 0 Å². The lowest BCUT2D eigenvalue weighted by Crippen LogP contribution is -2.15. The van der Waals surface area contributed by atoms with E-state index in [2.05, 4.69) is 23.8 Å². The number of hydrogen-bond donors (Lipinski definition) is 0. The summed E-state index contributed by atoms with van der Waals surface area (Å²) in [7, 11) is 0. The second-order valence-corrected chi connectivity index (χ2v) is 3.77. The molecular formula is C12H18N2O. The summed E-state index contributed by atoms with van der Waals surface area (Å²) in [6.07, 6.45) is 8.67. The Hall–Kier alpha value is -1.25. The van der Waals surface area contributed by atoms with Crippen molar-refractivity contribution in [3.8, 4) is 0 Å². The summed E-state index contributed by atoms with van der Waals surface area (Å²) in [5, 5.41) is 0. The SMILES string of the molecule is CCCC(CCC)C(=O)c1cncnc1. The molecule has 0 radical (unpaired) electrons. The van der Waals surface area contributed by atoms with Gasteiger partial charge in [-0.05, 0) is 12.8 Å². The number of Topliss-reactive ketones (excluding diaryl/α,β-unsaturated/α-hetero) is 1. The molecule has 0 bridgehead atoms. The topological polar surface area (TPSA) is 42.9 Å². The summed E-state index contributed by atoms with van der Waals surface area (Å²) in [4.78, 5) is 19.8. The monoisotopic (exact) mass is 206 g/mol. The summed E-state index contributed by atoms with van der Waals surface area (Å²) in [6.45, 7) is 4.22. The zero-order valence-electron chi connectivity index (χ0n) is 9.44. The first-order valence-electron chi connectivity index (χ1n) is 5.58. The molecule has 0 aromatic carbocycles. The fourth-order valence-electron chi connectivity index (χ4n) is 1.77.